The summed E-state index contributed by atoms with van der Waals surface area (Å²) in [7, 11) is -3.99. The van der Waals surface area contributed by atoms with Gasteiger partial charge in [-0.3, -0.25) is 9.59 Å². The molecule has 0 unspecified atom stereocenters. The van der Waals surface area contributed by atoms with Gasteiger partial charge in [-0.1, -0.05) is 18.2 Å². The van der Waals surface area contributed by atoms with Gasteiger partial charge in [-0.05, 0) is 48.3 Å². The third kappa shape index (κ3) is 2.50. The van der Waals surface area contributed by atoms with Crippen LogP contribution in [0.15, 0.2) is 30.3 Å². The van der Waals surface area contributed by atoms with E-state index in [1.807, 2.05) is 12.1 Å². The molecule has 1 aliphatic heterocycles. The molecular formula is C17H15NO5S. The Hall–Kier alpha value is -2.25. The standard InChI is InChI=1S/C17H15NO5S/c1-24(21,22)23-18-16(19)13-4-2-3-12-11(9-10-5-6-10)7-8-14(15(12)13)17(18)20/h2-4,7-8,10H,5-6,9H2,1H3. The van der Waals surface area contributed by atoms with E-state index in [2.05, 4.69) is 4.28 Å². The number of carbonyl (C=O) groups is 2. The van der Waals surface area contributed by atoms with Gasteiger partial charge in [0.1, 0.15) is 0 Å². The number of nitrogens with zero attached hydrogens (tertiary/aromatic N) is 1. The number of hydrogen-bond acceptors (Lipinski definition) is 5. The molecule has 2 amide bonds. The molecule has 2 aliphatic rings. The van der Waals surface area contributed by atoms with Crippen LogP contribution in [0.25, 0.3) is 10.8 Å². The quantitative estimate of drug-likeness (QED) is 0.794. The van der Waals surface area contributed by atoms with Gasteiger partial charge in [0.2, 0.25) is 0 Å². The fourth-order valence-corrected chi connectivity index (χ4v) is 3.55. The van der Waals surface area contributed by atoms with Crippen LogP contribution in [0.5, 0.6) is 0 Å². The zero-order valence-corrected chi connectivity index (χ0v) is 13.8. The Balaban J connectivity index is 1.89. The summed E-state index contributed by atoms with van der Waals surface area (Å²) < 4.78 is 27.3. The van der Waals surface area contributed by atoms with Gasteiger partial charge in [-0.25, -0.2) is 0 Å². The van der Waals surface area contributed by atoms with Gasteiger partial charge in [0, 0.05) is 5.39 Å². The molecule has 2 aromatic rings. The topological polar surface area (TPSA) is 80.8 Å². The number of hydroxylamine groups is 2. The summed E-state index contributed by atoms with van der Waals surface area (Å²) in [5, 5.41) is 1.78. The van der Waals surface area contributed by atoms with E-state index in [4.69, 9.17) is 0 Å². The van der Waals surface area contributed by atoms with Gasteiger partial charge in [0.25, 0.3) is 21.9 Å². The predicted octanol–water partition coefficient (Wildman–Crippen LogP) is 2.28. The largest absolute Gasteiger partial charge is 0.286 e. The fourth-order valence-electron chi connectivity index (χ4n) is 3.15. The Morgan fingerprint density at radius 2 is 1.75 bits per heavy atom. The van der Waals surface area contributed by atoms with E-state index in [1.54, 1.807) is 18.2 Å². The Labute approximate surface area is 139 Å². The van der Waals surface area contributed by atoms with Gasteiger partial charge in [0.15, 0.2) is 0 Å². The van der Waals surface area contributed by atoms with Crippen molar-refractivity contribution >= 4 is 32.7 Å². The molecule has 0 N–H and O–H groups in total. The van der Waals surface area contributed by atoms with Crippen molar-refractivity contribution in [1.82, 2.24) is 5.06 Å². The van der Waals surface area contributed by atoms with Crippen LogP contribution in [0.3, 0.4) is 0 Å². The third-order valence-corrected chi connectivity index (χ3v) is 4.80. The van der Waals surface area contributed by atoms with Gasteiger partial charge in [-0.2, -0.15) is 8.42 Å². The van der Waals surface area contributed by atoms with E-state index in [0.717, 1.165) is 23.6 Å². The second kappa shape index (κ2) is 5.12. The van der Waals surface area contributed by atoms with Crippen LogP contribution in [-0.2, 0) is 20.8 Å². The summed E-state index contributed by atoms with van der Waals surface area (Å²) in [6, 6.07) is 8.75. The summed E-state index contributed by atoms with van der Waals surface area (Å²) in [5.41, 5.74) is 1.67. The molecule has 0 aromatic heterocycles. The first-order valence-electron chi connectivity index (χ1n) is 7.68. The summed E-state index contributed by atoms with van der Waals surface area (Å²) in [5.74, 6) is -0.846. The highest BCUT2D eigenvalue weighted by molar-refractivity contribution is 7.85. The summed E-state index contributed by atoms with van der Waals surface area (Å²) in [6.07, 6.45) is 4.13. The van der Waals surface area contributed by atoms with E-state index in [9.17, 15) is 18.0 Å². The molecule has 4 rings (SSSR count). The van der Waals surface area contributed by atoms with Crippen LogP contribution >= 0.6 is 0 Å². The van der Waals surface area contributed by atoms with Crippen LogP contribution < -0.4 is 0 Å². The number of amides is 2. The third-order valence-electron chi connectivity index (χ3n) is 4.38. The van der Waals surface area contributed by atoms with E-state index >= 15 is 0 Å². The molecule has 24 heavy (non-hydrogen) atoms. The first-order chi connectivity index (χ1) is 11.3. The van der Waals surface area contributed by atoms with E-state index < -0.39 is 21.9 Å². The summed E-state index contributed by atoms with van der Waals surface area (Å²) in [6.45, 7) is 0. The average Bonchev–Trinajstić information content (AvgIpc) is 3.33. The smallest absolute Gasteiger partial charge is 0.266 e. The van der Waals surface area contributed by atoms with Crippen LogP contribution in [0, 0.1) is 5.92 Å². The van der Waals surface area contributed by atoms with Crippen molar-refractivity contribution in [2.45, 2.75) is 19.3 Å². The number of carbonyl (C=O) groups excluding carboxylic acids is 2. The maximum absolute atomic E-state index is 12.6. The molecule has 2 aromatic carbocycles. The van der Waals surface area contributed by atoms with E-state index in [-0.39, 0.29) is 11.1 Å². The number of imide groups is 1. The lowest BCUT2D eigenvalue weighted by Crippen LogP contribution is -2.41. The van der Waals surface area contributed by atoms with Crippen LogP contribution in [-0.4, -0.2) is 31.6 Å². The molecule has 1 saturated carbocycles. The highest BCUT2D eigenvalue weighted by atomic mass is 32.2. The van der Waals surface area contributed by atoms with Crippen LogP contribution in [0.1, 0.15) is 39.1 Å². The molecule has 0 saturated heterocycles. The molecule has 1 aliphatic carbocycles. The highest BCUT2D eigenvalue weighted by Gasteiger charge is 2.37. The Morgan fingerprint density at radius 3 is 2.38 bits per heavy atom. The minimum Gasteiger partial charge on any atom is -0.266 e. The molecule has 1 fully saturated rings. The van der Waals surface area contributed by atoms with E-state index in [1.165, 1.54) is 12.8 Å². The number of rotatable bonds is 4. The first-order valence-corrected chi connectivity index (χ1v) is 9.50. The lowest BCUT2D eigenvalue weighted by Gasteiger charge is -2.25. The van der Waals surface area contributed by atoms with Crippen LogP contribution in [0.2, 0.25) is 0 Å². The monoisotopic (exact) mass is 345 g/mol. The van der Waals surface area contributed by atoms with Crippen molar-refractivity contribution in [3.8, 4) is 0 Å². The van der Waals surface area contributed by atoms with Crippen molar-refractivity contribution in [2.75, 3.05) is 6.26 Å². The normalized spacial score (nSPS) is 17.6. The Bertz CT molecular complexity index is 969. The summed E-state index contributed by atoms with van der Waals surface area (Å²) in [4.78, 5) is 25.1. The SMILES string of the molecule is CS(=O)(=O)ON1C(=O)c2cccc3c(CC4CC4)ccc(c23)C1=O. The minimum absolute atomic E-state index is 0.281. The maximum Gasteiger partial charge on any atom is 0.286 e. The lowest BCUT2D eigenvalue weighted by atomic mass is 9.90. The predicted molar refractivity (Wildman–Crippen MR) is 86.8 cm³/mol. The Kier molecular flexibility index (Phi) is 3.26. The second-order valence-corrected chi connectivity index (χ2v) is 7.89. The number of benzene rings is 2. The molecule has 7 heteroatoms. The van der Waals surface area contributed by atoms with Gasteiger partial charge < -0.3 is 0 Å². The maximum atomic E-state index is 12.6. The molecule has 0 radical (unpaired) electrons. The van der Waals surface area contributed by atoms with Crippen molar-refractivity contribution in [1.29, 1.82) is 0 Å². The molecule has 0 bridgehead atoms. The molecule has 1 heterocycles. The Morgan fingerprint density at radius 1 is 1.08 bits per heavy atom. The molecule has 124 valence electrons. The fraction of sp³-hybridized carbons (Fsp3) is 0.294. The van der Waals surface area contributed by atoms with Gasteiger partial charge in [-0.15, -0.1) is 9.35 Å². The van der Waals surface area contributed by atoms with E-state index in [0.29, 0.717) is 16.4 Å². The summed E-state index contributed by atoms with van der Waals surface area (Å²) >= 11 is 0. The van der Waals surface area contributed by atoms with Crippen molar-refractivity contribution in [2.24, 2.45) is 5.92 Å². The van der Waals surface area contributed by atoms with Crippen molar-refractivity contribution < 1.29 is 22.3 Å². The number of hydrogen-bond donors (Lipinski definition) is 0. The second-order valence-electron chi connectivity index (χ2n) is 6.33. The van der Waals surface area contributed by atoms with Crippen molar-refractivity contribution in [3.63, 3.8) is 0 Å². The molecule has 0 atom stereocenters. The van der Waals surface area contributed by atoms with Crippen LogP contribution in [0.4, 0.5) is 0 Å². The van der Waals surface area contributed by atoms with Crippen molar-refractivity contribution in [3.05, 3.63) is 47.0 Å². The minimum atomic E-state index is -3.99. The zero-order chi connectivity index (χ0) is 17.1. The molecular weight excluding hydrogens is 330 g/mol. The van der Waals surface area contributed by atoms with Gasteiger partial charge in [0.05, 0.1) is 17.4 Å². The highest BCUT2D eigenvalue weighted by Crippen LogP contribution is 2.37. The van der Waals surface area contributed by atoms with Gasteiger partial charge >= 0.3 is 0 Å². The lowest BCUT2D eigenvalue weighted by molar-refractivity contribution is -0.0149. The first kappa shape index (κ1) is 15.3. The molecule has 6 nitrogen and oxygen atoms in total. The molecule has 0 spiro atoms. The zero-order valence-electron chi connectivity index (χ0n) is 13.0. The average molecular weight is 345 g/mol.